The van der Waals surface area contributed by atoms with Gasteiger partial charge < -0.3 is 4.57 Å². The molecule has 0 amide bonds. The summed E-state index contributed by atoms with van der Waals surface area (Å²) in [6, 6.07) is 0.359. The Bertz CT molecular complexity index is 179. The fraction of sp³-hybridized carbons (Fsp3) is 0.556. The van der Waals surface area contributed by atoms with Crippen molar-refractivity contribution in [3.8, 4) is 0 Å². The lowest BCUT2D eigenvalue weighted by atomic mass is 10.1. The van der Waals surface area contributed by atoms with E-state index in [1.54, 1.807) is 6.20 Å². The summed E-state index contributed by atoms with van der Waals surface area (Å²) in [6.45, 7) is 6.24. The SMILES string of the molecule is [CH2]C(CCCC)n1ccnc1. The average molecular weight is 151 g/mol. The highest BCUT2D eigenvalue weighted by Crippen LogP contribution is 2.12. The van der Waals surface area contributed by atoms with Crippen molar-refractivity contribution in [2.24, 2.45) is 0 Å². The Hall–Kier alpha value is -0.790. The van der Waals surface area contributed by atoms with Crippen LogP contribution in [0, 0.1) is 6.92 Å². The molecule has 1 heterocycles. The van der Waals surface area contributed by atoms with Gasteiger partial charge >= 0.3 is 0 Å². The number of imidazole rings is 1. The van der Waals surface area contributed by atoms with Gasteiger partial charge in [0.2, 0.25) is 0 Å². The van der Waals surface area contributed by atoms with Gasteiger partial charge in [0, 0.05) is 18.4 Å². The molecule has 0 aliphatic heterocycles. The first-order chi connectivity index (χ1) is 5.34. The van der Waals surface area contributed by atoms with Gasteiger partial charge in [0.1, 0.15) is 0 Å². The molecule has 1 aromatic heterocycles. The van der Waals surface area contributed by atoms with Crippen molar-refractivity contribution in [2.45, 2.75) is 32.2 Å². The number of unbranched alkanes of at least 4 members (excludes halogenated alkanes) is 1. The Balaban J connectivity index is 2.36. The molecule has 0 aromatic carbocycles. The summed E-state index contributed by atoms with van der Waals surface area (Å²) in [5, 5.41) is 0. The molecule has 1 atom stereocenters. The standard InChI is InChI=1S/C9H15N2/c1-3-4-5-9(2)11-7-6-10-8-11/h6-9H,2-5H2,1H3. The zero-order valence-corrected chi connectivity index (χ0v) is 7.03. The fourth-order valence-electron chi connectivity index (χ4n) is 1.07. The highest BCUT2D eigenvalue weighted by molar-refractivity contribution is 4.81. The van der Waals surface area contributed by atoms with Gasteiger partial charge in [0.05, 0.1) is 6.33 Å². The first-order valence-corrected chi connectivity index (χ1v) is 4.15. The number of aromatic nitrogens is 2. The summed E-state index contributed by atoms with van der Waals surface area (Å²) in [5.74, 6) is 0. The lowest BCUT2D eigenvalue weighted by Crippen LogP contribution is -2.01. The molecule has 0 spiro atoms. The van der Waals surface area contributed by atoms with Gasteiger partial charge in [-0.1, -0.05) is 19.8 Å². The minimum absolute atomic E-state index is 0.359. The number of hydrogen-bond acceptors (Lipinski definition) is 1. The number of hydrogen-bond donors (Lipinski definition) is 0. The molecule has 2 heteroatoms. The molecule has 0 aliphatic rings. The quantitative estimate of drug-likeness (QED) is 0.646. The van der Waals surface area contributed by atoms with Gasteiger partial charge in [-0.05, 0) is 13.3 Å². The molecule has 2 nitrogen and oxygen atoms in total. The first kappa shape index (κ1) is 8.31. The van der Waals surface area contributed by atoms with E-state index in [4.69, 9.17) is 0 Å². The second-order valence-electron chi connectivity index (χ2n) is 2.81. The molecular weight excluding hydrogens is 136 g/mol. The summed E-state index contributed by atoms with van der Waals surface area (Å²) in [7, 11) is 0. The molecule has 0 fully saturated rings. The Kier molecular flexibility index (Phi) is 3.14. The molecule has 1 aromatic rings. The van der Waals surface area contributed by atoms with E-state index in [1.807, 2.05) is 12.5 Å². The van der Waals surface area contributed by atoms with Crippen LogP contribution in [0.1, 0.15) is 32.2 Å². The summed E-state index contributed by atoms with van der Waals surface area (Å²) in [4.78, 5) is 3.97. The van der Waals surface area contributed by atoms with E-state index in [2.05, 4.69) is 23.4 Å². The smallest absolute Gasteiger partial charge is 0.0948 e. The topological polar surface area (TPSA) is 17.8 Å². The third kappa shape index (κ3) is 2.37. The van der Waals surface area contributed by atoms with Crippen LogP contribution in [-0.4, -0.2) is 9.55 Å². The molecule has 0 N–H and O–H groups in total. The van der Waals surface area contributed by atoms with Crippen LogP contribution in [0.4, 0.5) is 0 Å². The molecule has 1 unspecified atom stereocenters. The summed E-state index contributed by atoms with van der Waals surface area (Å²) < 4.78 is 2.05. The summed E-state index contributed by atoms with van der Waals surface area (Å²) >= 11 is 0. The zero-order chi connectivity index (χ0) is 8.10. The van der Waals surface area contributed by atoms with Gasteiger partial charge in [-0.25, -0.2) is 4.98 Å². The maximum Gasteiger partial charge on any atom is 0.0948 e. The second kappa shape index (κ2) is 4.16. The van der Waals surface area contributed by atoms with Gasteiger partial charge in [0.15, 0.2) is 0 Å². The fourth-order valence-corrected chi connectivity index (χ4v) is 1.07. The van der Waals surface area contributed by atoms with Crippen LogP contribution < -0.4 is 0 Å². The molecular formula is C9H15N2. The van der Waals surface area contributed by atoms with Crippen LogP contribution in [0.25, 0.3) is 0 Å². The molecule has 1 rings (SSSR count). The number of nitrogens with zero attached hydrogens (tertiary/aromatic N) is 2. The van der Waals surface area contributed by atoms with Crippen molar-refractivity contribution in [1.29, 1.82) is 0 Å². The van der Waals surface area contributed by atoms with Crippen LogP contribution in [0.15, 0.2) is 18.7 Å². The highest BCUT2D eigenvalue weighted by atomic mass is 15.0. The first-order valence-electron chi connectivity index (χ1n) is 4.15. The van der Waals surface area contributed by atoms with Crippen molar-refractivity contribution < 1.29 is 0 Å². The van der Waals surface area contributed by atoms with Gasteiger partial charge in [-0.15, -0.1) is 0 Å². The third-order valence-corrected chi connectivity index (χ3v) is 1.84. The Morgan fingerprint density at radius 3 is 3.00 bits per heavy atom. The van der Waals surface area contributed by atoms with E-state index in [0.717, 1.165) is 6.42 Å². The minimum Gasteiger partial charge on any atom is -0.334 e. The maximum absolute atomic E-state index is 4.04. The lowest BCUT2D eigenvalue weighted by Gasteiger charge is -2.10. The second-order valence-corrected chi connectivity index (χ2v) is 2.81. The molecule has 61 valence electrons. The van der Waals surface area contributed by atoms with E-state index in [-0.39, 0.29) is 0 Å². The molecule has 11 heavy (non-hydrogen) atoms. The molecule has 0 saturated heterocycles. The van der Waals surface area contributed by atoms with E-state index in [9.17, 15) is 0 Å². The van der Waals surface area contributed by atoms with E-state index in [1.165, 1.54) is 12.8 Å². The van der Waals surface area contributed by atoms with Crippen molar-refractivity contribution >= 4 is 0 Å². The van der Waals surface area contributed by atoms with E-state index < -0.39 is 0 Å². The summed E-state index contributed by atoms with van der Waals surface area (Å²) in [6.07, 6.45) is 9.21. The monoisotopic (exact) mass is 151 g/mol. The normalized spacial score (nSPS) is 13.3. The Morgan fingerprint density at radius 1 is 1.64 bits per heavy atom. The van der Waals surface area contributed by atoms with E-state index in [0.29, 0.717) is 6.04 Å². The van der Waals surface area contributed by atoms with Crippen molar-refractivity contribution in [1.82, 2.24) is 9.55 Å². The van der Waals surface area contributed by atoms with Crippen molar-refractivity contribution in [2.75, 3.05) is 0 Å². The molecule has 0 aliphatic carbocycles. The van der Waals surface area contributed by atoms with Crippen LogP contribution in [-0.2, 0) is 0 Å². The van der Waals surface area contributed by atoms with Crippen molar-refractivity contribution in [3.63, 3.8) is 0 Å². The van der Waals surface area contributed by atoms with E-state index >= 15 is 0 Å². The molecule has 0 saturated carbocycles. The number of rotatable bonds is 4. The Morgan fingerprint density at radius 2 is 2.45 bits per heavy atom. The highest BCUT2D eigenvalue weighted by Gasteiger charge is 2.01. The zero-order valence-electron chi connectivity index (χ0n) is 7.03. The predicted octanol–water partition coefficient (Wildman–Crippen LogP) is 2.45. The van der Waals surface area contributed by atoms with Crippen LogP contribution >= 0.6 is 0 Å². The van der Waals surface area contributed by atoms with Gasteiger partial charge in [-0.3, -0.25) is 0 Å². The maximum atomic E-state index is 4.04. The average Bonchev–Trinajstić information content (AvgIpc) is 2.52. The third-order valence-electron chi connectivity index (χ3n) is 1.84. The largest absolute Gasteiger partial charge is 0.334 e. The van der Waals surface area contributed by atoms with Crippen molar-refractivity contribution in [3.05, 3.63) is 25.6 Å². The molecule has 1 radical (unpaired) electrons. The van der Waals surface area contributed by atoms with Gasteiger partial charge in [-0.2, -0.15) is 0 Å². The summed E-state index contributed by atoms with van der Waals surface area (Å²) in [5.41, 5.74) is 0. The minimum atomic E-state index is 0.359. The Labute approximate surface area is 68.3 Å². The van der Waals surface area contributed by atoms with Crippen LogP contribution in [0.5, 0.6) is 0 Å². The lowest BCUT2D eigenvalue weighted by molar-refractivity contribution is 0.526. The predicted molar refractivity (Wildman–Crippen MR) is 46.1 cm³/mol. The van der Waals surface area contributed by atoms with Gasteiger partial charge in [0.25, 0.3) is 0 Å². The van der Waals surface area contributed by atoms with Crippen LogP contribution in [0.3, 0.4) is 0 Å². The van der Waals surface area contributed by atoms with Crippen LogP contribution in [0.2, 0.25) is 0 Å². The molecule has 0 bridgehead atoms.